The zero-order valence-electron chi connectivity index (χ0n) is 11.1. The van der Waals surface area contributed by atoms with Gasteiger partial charge in [-0.15, -0.1) is 0 Å². The number of para-hydroxylation sites is 2. The summed E-state index contributed by atoms with van der Waals surface area (Å²) >= 11 is 0. The lowest BCUT2D eigenvalue weighted by Crippen LogP contribution is -2.42. The highest BCUT2D eigenvalue weighted by molar-refractivity contribution is 5.39. The molecule has 1 heterocycles. The number of hydrogen-bond donors (Lipinski definition) is 0. The molecule has 1 aromatic rings. The third kappa shape index (κ3) is 3.62. The number of nitrogens with zero attached hydrogens (tertiary/aromatic N) is 1. The van der Waals surface area contributed by atoms with Gasteiger partial charge in [-0.05, 0) is 19.1 Å². The molecule has 0 N–H and O–H groups in total. The van der Waals surface area contributed by atoms with Crippen molar-refractivity contribution in [2.45, 2.75) is 13.0 Å². The lowest BCUT2D eigenvalue weighted by Gasteiger charge is -2.30. The van der Waals surface area contributed by atoms with Gasteiger partial charge >= 0.3 is 0 Å². The van der Waals surface area contributed by atoms with Crippen molar-refractivity contribution in [2.75, 3.05) is 40.0 Å². The van der Waals surface area contributed by atoms with Crippen molar-refractivity contribution in [3.8, 4) is 11.5 Å². The van der Waals surface area contributed by atoms with E-state index < -0.39 is 0 Å². The van der Waals surface area contributed by atoms with Crippen LogP contribution in [0.25, 0.3) is 0 Å². The topological polar surface area (TPSA) is 30.9 Å². The Morgan fingerprint density at radius 2 is 2.11 bits per heavy atom. The van der Waals surface area contributed by atoms with Crippen molar-refractivity contribution in [3.63, 3.8) is 0 Å². The van der Waals surface area contributed by atoms with Crippen molar-refractivity contribution < 1.29 is 14.2 Å². The van der Waals surface area contributed by atoms with Gasteiger partial charge in [0.25, 0.3) is 0 Å². The van der Waals surface area contributed by atoms with Gasteiger partial charge in [0.1, 0.15) is 6.61 Å². The molecule has 2 rings (SSSR count). The highest BCUT2D eigenvalue weighted by Gasteiger charge is 2.16. The second-order valence-electron chi connectivity index (χ2n) is 4.48. The Hall–Kier alpha value is -1.26. The van der Waals surface area contributed by atoms with Crippen molar-refractivity contribution in [1.82, 2.24) is 4.90 Å². The van der Waals surface area contributed by atoms with Crippen LogP contribution in [0.5, 0.6) is 11.5 Å². The summed E-state index contributed by atoms with van der Waals surface area (Å²) in [6.07, 6.45) is 0.324. The van der Waals surface area contributed by atoms with Gasteiger partial charge < -0.3 is 14.2 Å². The second-order valence-corrected chi connectivity index (χ2v) is 4.48. The molecule has 0 spiro atoms. The highest BCUT2D eigenvalue weighted by atomic mass is 16.5. The fourth-order valence-electron chi connectivity index (χ4n) is 2.12. The predicted octanol–water partition coefficient (Wildman–Crippen LogP) is 1.79. The van der Waals surface area contributed by atoms with Crippen LogP contribution in [0.1, 0.15) is 6.92 Å². The van der Waals surface area contributed by atoms with Crippen molar-refractivity contribution >= 4 is 0 Å². The standard InChI is InChI=1S/C14H21NO3/c1-12-11-15(7-9-17-12)8-10-18-14-6-4-3-5-13(14)16-2/h3-6,12H,7-11H2,1-2H3/t12-/m1/s1. The smallest absolute Gasteiger partial charge is 0.161 e. The first kappa shape index (κ1) is 13.2. The van der Waals surface area contributed by atoms with Gasteiger partial charge in [0, 0.05) is 19.6 Å². The van der Waals surface area contributed by atoms with Gasteiger partial charge in [0.05, 0.1) is 19.8 Å². The molecule has 100 valence electrons. The molecule has 0 saturated carbocycles. The molecule has 1 aliphatic rings. The summed E-state index contributed by atoms with van der Waals surface area (Å²) in [5.41, 5.74) is 0. The molecule has 0 radical (unpaired) electrons. The van der Waals surface area contributed by atoms with Gasteiger partial charge in [-0.1, -0.05) is 12.1 Å². The van der Waals surface area contributed by atoms with Gasteiger partial charge in [0.2, 0.25) is 0 Å². The molecule has 1 atom stereocenters. The zero-order valence-corrected chi connectivity index (χ0v) is 11.1. The van der Waals surface area contributed by atoms with Crippen LogP contribution in [0.3, 0.4) is 0 Å². The molecular formula is C14H21NO3. The maximum absolute atomic E-state index is 5.76. The molecule has 1 saturated heterocycles. The Labute approximate surface area is 108 Å². The van der Waals surface area contributed by atoms with Crippen LogP contribution in [0.2, 0.25) is 0 Å². The zero-order chi connectivity index (χ0) is 12.8. The van der Waals surface area contributed by atoms with Crippen LogP contribution in [0, 0.1) is 0 Å². The first-order valence-electron chi connectivity index (χ1n) is 6.39. The normalized spacial score (nSPS) is 20.7. The Balaban J connectivity index is 1.77. The maximum atomic E-state index is 5.76. The molecular weight excluding hydrogens is 230 g/mol. The molecule has 0 aromatic heterocycles. The van der Waals surface area contributed by atoms with Crippen LogP contribution in [-0.2, 0) is 4.74 Å². The molecule has 0 aliphatic carbocycles. The Kier molecular flexibility index (Phi) is 4.84. The summed E-state index contributed by atoms with van der Waals surface area (Å²) in [5.74, 6) is 1.59. The third-order valence-corrected chi connectivity index (χ3v) is 3.06. The molecule has 1 aliphatic heterocycles. The number of rotatable bonds is 5. The molecule has 1 fully saturated rings. The SMILES string of the molecule is COc1ccccc1OCCN1CCO[C@H](C)C1. The monoisotopic (exact) mass is 251 g/mol. The van der Waals surface area contributed by atoms with Crippen molar-refractivity contribution in [1.29, 1.82) is 0 Å². The molecule has 18 heavy (non-hydrogen) atoms. The van der Waals surface area contributed by atoms with E-state index in [-0.39, 0.29) is 0 Å². The average Bonchev–Trinajstić information content (AvgIpc) is 2.39. The number of benzene rings is 1. The Morgan fingerprint density at radius 1 is 1.33 bits per heavy atom. The summed E-state index contributed by atoms with van der Waals surface area (Å²) in [6, 6.07) is 7.73. The summed E-state index contributed by atoms with van der Waals surface area (Å²) in [7, 11) is 1.66. The Morgan fingerprint density at radius 3 is 2.83 bits per heavy atom. The fraction of sp³-hybridized carbons (Fsp3) is 0.571. The van der Waals surface area contributed by atoms with E-state index in [4.69, 9.17) is 14.2 Å². The molecule has 0 bridgehead atoms. The number of methoxy groups -OCH3 is 1. The van der Waals surface area contributed by atoms with Gasteiger partial charge in [-0.2, -0.15) is 0 Å². The lowest BCUT2D eigenvalue weighted by atomic mass is 10.3. The molecule has 0 unspecified atom stereocenters. The van der Waals surface area contributed by atoms with Crippen LogP contribution < -0.4 is 9.47 Å². The fourth-order valence-corrected chi connectivity index (χ4v) is 2.12. The largest absolute Gasteiger partial charge is 0.493 e. The maximum Gasteiger partial charge on any atom is 0.161 e. The molecule has 4 nitrogen and oxygen atoms in total. The minimum atomic E-state index is 0.324. The average molecular weight is 251 g/mol. The molecule has 1 aromatic carbocycles. The van der Waals surface area contributed by atoms with Crippen molar-refractivity contribution in [2.24, 2.45) is 0 Å². The molecule has 4 heteroatoms. The summed E-state index contributed by atoms with van der Waals surface area (Å²) in [4.78, 5) is 2.36. The van der Waals surface area contributed by atoms with Gasteiger partial charge in [-0.3, -0.25) is 4.90 Å². The molecule has 0 amide bonds. The summed E-state index contributed by atoms with van der Waals surface area (Å²) < 4.78 is 16.5. The quantitative estimate of drug-likeness (QED) is 0.798. The minimum Gasteiger partial charge on any atom is -0.493 e. The Bertz CT molecular complexity index is 370. The van der Waals surface area contributed by atoms with Crippen molar-refractivity contribution in [3.05, 3.63) is 24.3 Å². The second kappa shape index (κ2) is 6.61. The van der Waals surface area contributed by atoms with Gasteiger partial charge in [0.15, 0.2) is 11.5 Å². The lowest BCUT2D eigenvalue weighted by molar-refractivity contribution is -0.0214. The van der Waals surface area contributed by atoms with E-state index in [0.717, 1.165) is 37.7 Å². The first-order chi connectivity index (χ1) is 8.79. The van der Waals surface area contributed by atoms with E-state index in [1.807, 2.05) is 24.3 Å². The predicted molar refractivity (Wildman–Crippen MR) is 70.3 cm³/mol. The number of morpholine rings is 1. The van der Waals surface area contributed by atoms with E-state index in [2.05, 4.69) is 11.8 Å². The van der Waals surface area contributed by atoms with Crippen LogP contribution in [0.15, 0.2) is 24.3 Å². The first-order valence-corrected chi connectivity index (χ1v) is 6.39. The minimum absolute atomic E-state index is 0.324. The summed E-state index contributed by atoms with van der Waals surface area (Å²) in [5, 5.41) is 0. The number of ether oxygens (including phenoxy) is 3. The van der Waals surface area contributed by atoms with E-state index in [9.17, 15) is 0 Å². The van der Waals surface area contributed by atoms with E-state index >= 15 is 0 Å². The van der Waals surface area contributed by atoms with Gasteiger partial charge in [-0.25, -0.2) is 0 Å². The van der Waals surface area contributed by atoms with Crippen LogP contribution >= 0.6 is 0 Å². The highest BCUT2D eigenvalue weighted by Crippen LogP contribution is 2.25. The number of hydrogen-bond acceptors (Lipinski definition) is 4. The van der Waals surface area contributed by atoms with E-state index in [1.165, 1.54) is 0 Å². The summed E-state index contributed by atoms with van der Waals surface area (Å²) in [6.45, 7) is 6.48. The van der Waals surface area contributed by atoms with E-state index in [1.54, 1.807) is 7.11 Å². The van der Waals surface area contributed by atoms with E-state index in [0.29, 0.717) is 12.7 Å². The van der Waals surface area contributed by atoms with Crippen LogP contribution in [0.4, 0.5) is 0 Å². The third-order valence-electron chi connectivity index (χ3n) is 3.06. The van der Waals surface area contributed by atoms with Crippen LogP contribution in [-0.4, -0.2) is 51.0 Å².